The highest BCUT2D eigenvalue weighted by Gasteiger charge is 2.21. The molecule has 1 N–H and O–H groups in total. The number of benzene rings is 3. The zero-order valence-corrected chi connectivity index (χ0v) is 22.1. The molecule has 194 valence electrons. The van der Waals surface area contributed by atoms with Crippen LogP contribution in [0.3, 0.4) is 0 Å². The SMILES string of the molecule is COc1cc(C(=O)Nc2cc(C)nn2-c2nc3ccccc3n2Cc2cccc(Cl)c2)cc(OC)c1OC. The van der Waals surface area contributed by atoms with Crippen molar-refractivity contribution in [3.63, 3.8) is 0 Å². The highest BCUT2D eigenvalue weighted by atomic mass is 35.5. The predicted molar refractivity (Wildman–Crippen MR) is 146 cm³/mol. The number of amides is 1. The van der Waals surface area contributed by atoms with E-state index in [2.05, 4.69) is 10.4 Å². The van der Waals surface area contributed by atoms with Crippen LogP contribution in [0.5, 0.6) is 17.2 Å². The number of halogens is 1. The third-order valence-corrected chi connectivity index (χ3v) is 6.29. The molecule has 0 saturated carbocycles. The fourth-order valence-electron chi connectivity index (χ4n) is 4.34. The minimum atomic E-state index is -0.372. The molecule has 0 saturated heterocycles. The topological polar surface area (TPSA) is 92.4 Å². The summed E-state index contributed by atoms with van der Waals surface area (Å²) in [6, 6.07) is 20.5. The minimum Gasteiger partial charge on any atom is -0.493 e. The van der Waals surface area contributed by atoms with Gasteiger partial charge >= 0.3 is 0 Å². The van der Waals surface area contributed by atoms with E-state index in [1.54, 1.807) is 22.9 Å². The van der Waals surface area contributed by atoms with Crippen molar-refractivity contribution < 1.29 is 19.0 Å². The van der Waals surface area contributed by atoms with Crippen molar-refractivity contribution in [2.24, 2.45) is 0 Å². The highest BCUT2D eigenvalue weighted by molar-refractivity contribution is 6.30. The van der Waals surface area contributed by atoms with Gasteiger partial charge in [0.1, 0.15) is 5.82 Å². The molecule has 2 aromatic heterocycles. The second-order valence-electron chi connectivity index (χ2n) is 8.57. The van der Waals surface area contributed by atoms with Crippen molar-refractivity contribution in [3.8, 4) is 23.2 Å². The van der Waals surface area contributed by atoms with Crippen molar-refractivity contribution in [2.75, 3.05) is 26.6 Å². The molecule has 5 rings (SSSR count). The lowest BCUT2D eigenvalue weighted by molar-refractivity contribution is 0.102. The van der Waals surface area contributed by atoms with E-state index in [1.165, 1.54) is 21.3 Å². The molecule has 0 fully saturated rings. The quantitative estimate of drug-likeness (QED) is 0.284. The number of nitrogens with one attached hydrogen (secondary N) is 1. The Morgan fingerprint density at radius 2 is 1.68 bits per heavy atom. The Kier molecular flexibility index (Phi) is 6.93. The molecule has 9 nitrogen and oxygen atoms in total. The summed E-state index contributed by atoms with van der Waals surface area (Å²) in [5, 5.41) is 8.28. The van der Waals surface area contributed by atoms with Crippen LogP contribution in [0.1, 0.15) is 21.6 Å². The first-order chi connectivity index (χ1) is 18.4. The third kappa shape index (κ3) is 4.76. The number of anilines is 1. The Bertz CT molecular complexity index is 1620. The average Bonchev–Trinajstić information content (AvgIpc) is 3.47. The van der Waals surface area contributed by atoms with E-state index >= 15 is 0 Å². The van der Waals surface area contributed by atoms with Crippen molar-refractivity contribution in [3.05, 3.63) is 88.6 Å². The Morgan fingerprint density at radius 3 is 2.37 bits per heavy atom. The second-order valence-corrected chi connectivity index (χ2v) is 9.00. The van der Waals surface area contributed by atoms with E-state index in [0.717, 1.165) is 16.6 Å². The maximum Gasteiger partial charge on any atom is 0.257 e. The average molecular weight is 532 g/mol. The first-order valence-corrected chi connectivity index (χ1v) is 12.2. The van der Waals surface area contributed by atoms with Gasteiger partial charge in [0, 0.05) is 16.7 Å². The Hall–Kier alpha value is -4.50. The van der Waals surface area contributed by atoms with E-state index in [4.69, 9.17) is 30.8 Å². The maximum absolute atomic E-state index is 13.4. The molecule has 3 aromatic carbocycles. The number of hydrogen-bond donors (Lipinski definition) is 1. The molecule has 1 amide bonds. The van der Waals surface area contributed by atoms with Gasteiger partial charge in [-0.25, -0.2) is 4.98 Å². The van der Waals surface area contributed by atoms with Crippen LogP contribution in [0.15, 0.2) is 66.7 Å². The van der Waals surface area contributed by atoms with E-state index in [1.807, 2.05) is 60.0 Å². The lowest BCUT2D eigenvalue weighted by Gasteiger charge is -2.15. The Balaban J connectivity index is 1.56. The molecule has 0 aliphatic heterocycles. The number of carbonyl (C=O) groups excluding carboxylic acids is 1. The first-order valence-electron chi connectivity index (χ1n) is 11.8. The van der Waals surface area contributed by atoms with Crippen LogP contribution in [-0.4, -0.2) is 46.6 Å². The number of carbonyl (C=O) groups is 1. The summed E-state index contributed by atoms with van der Waals surface area (Å²) < 4.78 is 19.9. The normalized spacial score (nSPS) is 11.0. The van der Waals surface area contributed by atoms with Crippen LogP contribution >= 0.6 is 11.6 Å². The molecule has 0 radical (unpaired) electrons. The lowest BCUT2D eigenvalue weighted by Crippen LogP contribution is -2.17. The number of rotatable bonds is 8. The molecule has 10 heteroatoms. The van der Waals surface area contributed by atoms with Crippen LogP contribution in [0, 0.1) is 6.92 Å². The first kappa shape index (κ1) is 25.2. The molecule has 0 spiro atoms. The molecule has 0 atom stereocenters. The zero-order chi connectivity index (χ0) is 26.8. The lowest BCUT2D eigenvalue weighted by atomic mass is 10.1. The molecule has 0 unspecified atom stereocenters. The van der Waals surface area contributed by atoms with Crippen LogP contribution in [0.2, 0.25) is 5.02 Å². The van der Waals surface area contributed by atoms with E-state index < -0.39 is 0 Å². The molecule has 0 aliphatic carbocycles. The standard InChI is InChI=1S/C28H26ClN5O4/c1-17-12-25(31-27(35)19-14-23(36-2)26(38-4)24(15-19)37-3)34(32-17)28-30-21-10-5-6-11-22(21)33(28)16-18-8-7-9-20(29)13-18/h5-15H,16H2,1-4H3,(H,31,35). The molecular formula is C28H26ClN5O4. The van der Waals surface area contributed by atoms with E-state index in [9.17, 15) is 4.79 Å². The van der Waals surface area contributed by atoms with E-state index in [-0.39, 0.29) is 5.91 Å². The zero-order valence-electron chi connectivity index (χ0n) is 21.4. The largest absolute Gasteiger partial charge is 0.493 e. The van der Waals surface area contributed by atoms with Crippen LogP contribution in [0.4, 0.5) is 5.82 Å². The van der Waals surface area contributed by atoms with Gasteiger partial charge in [0.25, 0.3) is 5.91 Å². The number of methoxy groups -OCH3 is 3. The van der Waals surface area contributed by atoms with Crippen molar-refractivity contribution in [2.45, 2.75) is 13.5 Å². The van der Waals surface area contributed by atoms with Gasteiger partial charge in [-0.1, -0.05) is 35.9 Å². The number of nitrogens with zero attached hydrogens (tertiary/aromatic N) is 4. The maximum atomic E-state index is 13.4. The van der Waals surface area contributed by atoms with Gasteiger partial charge in [0.05, 0.1) is 44.6 Å². The number of imidazole rings is 1. The predicted octanol–water partition coefficient (Wildman–Crippen LogP) is 5.51. The van der Waals surface area contributed by atoms with Gasteiger partial charge in [0.2, 0.25) is 11.7 Å². The molecule has 0 aliphatic rings. The van der Waals surface area contributed by atoms with E-state index in [0.29, 0.717) is 51.8 Å². The Morgan fingerprint density at radius 1 is 0.947 bits per heavy atom. The van der Waals surface area contributed by atoms with Crippen LogP contribution in [0.25, 0.3) is 17.0 Å². The van der Waals surface area contributed by atoms with Crippen LogP contribution in [-0.2, 0) is 6.54 Å². The summed E-state index contributed by atoms with van der Waals surface area (Å²) in [5.41, 5.74) is 3.79. The highest BCUT2D eigenvalue weighted by Crippen LogP contribution is 2.38. The second kappa shape index (κ2) is 10.5. The molecular weight excluding hydrogens is 506 g/mol. The molecule has 0 bridgehead atoms. The number of aromatic nitrogens is 4. The number of para-hydroxylation sites is 2. The number of aryl methyl sites for hydroxylation is 1. The van der Waals surface area contributed by atoms with Gasteiger partial charge < -0.3 is 24.1 Å². The van der Waals surface area contributed by atoms with Gasteiger partial charge in [-0.2, -0.15) is 9.78 Å². The fourth-order valence-corrected chi connectivity index (χ4v) is 4.55. The summed E-state index contributed by atoms with van der Waals surface area (Å²) in [6.07, 6.45) is 0. The molecule has 5 aromatic rings. The van der Waals surface area contributed by atoms with Gasteiger partial charge in [-0.05, 0) is 48.9 Å². The smallest absolute Gasteiger partial charge is 0.257 e. The molecule has 2 heterocycles. The fraction of sp³-hybridized carbons (Fsp3) is 0.179. The minimum absolute atomic E-state index is 0.331. The summed E-state index contributed by atoms with van der Waals surface area (Å²) in [5.74, 6) is 1.81. The third-order valence-electron chi connectivity index (χ3n) is 6.05. The summed E-state index contributed by atoms with van der Waals surface area (Å²) in [6.45, 7) is 2.37. The summed E-state index contributed by atoms with van der Waals surface area (Å²) >= 11 is 6.25. The van der Waals surface area contributed by atoms with Crippen LogP contribution < -0.4 is 19.5 Å². The number of hydrogen-bond acceptors (Lipinski definition) is 6. The molecule has 38 heavy (non-hydrogen) atoms. The van der Waals surface area contributed by atoms with Gasteiger partial charge in [-0.15, -0.1) is 0 Å². The van der Waals surface area contributed by atoms with Gasteiger partial charge in [0.15, 0.2) is 11.5 Å². The number of ether oxygens (including phenoxy) is 3. The summed E-state index contributed by atoms with van der Waals surface area (Å²) in [4.78, 5) is 18.2. The van der Waals surface area contributed by atoms with Crippen molar-refractivity contribution in [1.82, 2.24) is 19.3 Å². The summed E-state index contributed by atoms with van der Waals surface area (Å²) in [7, 11) is 4.51. The van der Waals surface area contributed by atoms with Crippen molar-refractivity contribution in [1.29, 1.82) is 0 Å². The van der Waals surface area contributed by atoms with Gasteiger partial charge in [-0.3, -0.25) is 4.79 Å². The Labute approximate surface area is 224 Å². The monoisotopic (exact) mass is 531 g/mol. The van der Waals surface area contributed by atoms with Crippen molar-refractivity contribution >= 4 is 34.4 Å². The number of fused-ring (bicyclic) bond motifs is 1.